The van der Waals surface area contributed by atoms with Crippen molar-refractivity contribution in [1.29, 1.82) is 0 Å². The van der Waals surface area contributed by atoms with Gasteiger partial charge in [-0.25, -0.2) is 4.98 Å². The minimum Gasteiger partial charge on any atom is -0.381 e. The third-order valence-corrected chi connectivity index (χ3v) is 5.34. The number of carbonyl (C=O) groups is 2. The van der Waals surface area contributed by atoms with E-state index in [0.29, 0.717) is 64.1 Å². The molecule has 14 heteroatoms. The van der Waals surface area contributed by atoms with E-state index >= 15 is 0 Å². The van der Waals surface area contributed by atoms with Gasteiger partial charge in [-0.1, -0.05) is 0 Å². The van der Waals surface area contributed by atoms with Crippen molar-refractivity contribution in [2.75, 3.05) is 68.7 Å². The molecule has 0 aliphatic carbocycles. The molecule has 0 aliphatic rings. The van der Waals surface area contributed by atoms with Crippen molar-refractivity contribution >= 4 is 44.7 Å². The topological polar surface area (TPSA) is 180 Å². The molecular formula is C21H30N6O7S. The van der Waals surface area contributed by atoms with Crippen LogP contribution in [-0.2, 0) is 19.0 Å². The number of rotatable bonds is 16. The molecule has 1 heterocycles. The molecule has 0 saturated carbocycles. The molecule has 0 bridgehead atoms. The Labute approximate surface area is 206 Å². The summed E-state index contributed by atoms with van der Waals surface area (Å²) in [4.78, 5) is 38.7. The van der Waals surface area contributed by atoms with Crippen LogP contribution in [0.2, 0.25) is 0 Å². The quantitative estimate of drug-likeness (QED) is 0.148. The molecule has 0 atom stereocenters. The lowest BCUT2D eigenvalue weighted by atomic mass is 10.1. The highest BCUT2D eigenvalue weighted by molar-refractivity contribution is 7.19. The van der Waals surface area contributed by atoms with Gasteiger partial charge in [0.15, 0.2) is 5.13 Å². The molecule has 2 aromatic rings. The van der Waals surface area contributed by atoms with E-state index in [9.17, 15) is 19.7 Å². The molecule has 0 saturated heterocycles. The van der Waals surface area contributed by atoms with Crippen LogP contribution in [0.3, 0.4) is 0 Å². The second-order valence-electron chi connectivity index (χ2n) is 7.11. The number of ether oxygens (including phenoxy) is 3. The molecular weight excluding hydrogens is 480 g/mol. The highest BCUT2D eigenvalue weighted by atomic mass is 32.1. The Hall–Kier alpha value is -3.17. The predicted molar refractivity (Wildman–Crippen MR) is 132 cm³/mol. The highest BCUT2D eigenvalue weighted by Gasteiger charge is 2.20. The fraction of sp³-hybridized carbons (Fsp3) is 0.476. The summed E-state index contributed by atoms with van der Waals surface area (Å²) in [6, 6.07) is 4.73. The first-order valence-electron chi connectivity index (χ1n) is 10.8. The summed E-state index contributed by atoms with van der Waals surface area (Å²) in [6.45, 7) is 6.52. The van der Waals surface area contributed by atoms with Crippen LogP contribution in [0, 0.1) is 17.0 Å². The van der Waals surface area contributed by atoms with Crippen molar-refractivity contribution in [3.63, 3.8) is 0 Å². The summed E-state index contributed by atoms with van der Waals surface area (Å²) in [7, 11) is 0. The molecule has 192 valence electrons. The van der Waals surface area contributed by atoms with E-state index in [4.69, 9.17) is 19.9 Å². The van der Waals surface area contributed by atoms with E-state index < -0.39 is 10.8 Å². The van der Waals surface area contributed by atoms with Gasteiger partial charge in [0.1, 0.15) is 5.69 Å². The van der Waals surface area contributed by atoms with E-state index in [1.54, 1.807) is 12.1 Å². The summed E-state index contributed by atoms with van der Waals surface area (Å²) in [5.41, 5.74) is 6.81. The molecule has 0 unspecified atom stereocenters. The first-order chi connectivity index (χ1) is 16.8. The number of nitrogens with one attached hydrogen (secondary N) is 3. The van der Waals surface area contributed by atoms with E-state index in [1.807, 2.05) is 0 Å². The molecule has 1 aromatic carbocycles. The molecule has 2 amide bonds. The van der Waals surface area contributed by atoms with Gasteiger partial charge in [0.05, 0.1) is 55.9 Å². The number of aromatic nitrogens is 1. The normalized spacial score (nSPS) is 10.7. The molecule has 0 fully saturated rings. The maximum atomic E-state index is 12.6. The van der Waals surface area contributed by atoms with Gasteiger partial charge in [-0.05, 0) is 36.5 Å². The van der Waals surface area contributed by atoms with Crippen molar-refractivity contribution in [2.45, 2.75) is 13.8 Å². The fourth-order valence-electron chi connectivity index (χ4n) is 2.80. The first kappa shape index (κ1) is 28.1. The Morgan fingerprint density at radius 3 is 2.31 bits per heavy atom. The third kappa shape index (κ3) is 9.92. The standard InChI is InChI=1S/C21H30N6O7S/c1-14-20(27(30)31)35-21(24-14)26-19(29)16-3-4-17(18(13-16)25-15(2)28)23-6-8-33-10-12-34-11-9-32-7-5-22/h3-4,13,23H,5-12,22H2,1-2H3,(H,25,28)(H,24,26,29). The second kappa shape index (κ2) is 15.0. The summed E-state index contributed by atoms with van der Waals surface area (Å²) >= 11 is 0.775. The molecule has 5 N–H and O–H groups in total. The van der Waals surface area contributed by atoms with Gasteiger partial charge in [-0.15, -0.1) is 0 Å². The van der Waals surface area contributed by atoms with Crippen LogP contribution in [0.1, 0.15) is 23.0 Å². The minimum absolute atomic E-state index is 0.117. The summed E-state index contributed by atoms with van der Waals surface area (Å²) in [5.74, 6) is -0.816. The third-order valence-electron chi connectivity index (χ3n) is 4.32. The highest BCUT2D eigenvalue weighted by Crippen LogP contribution is 2.30. The lowest BCUT2D eigenvalue weighted by Crippen LogP contribution is -2.17. The maximum Gasteiger partial charge on any atom is 0.348 e. The number of carbonyl (C=O) groups excluding carboxylic acids is 2. The van der Waals surface area contributed by atoms with Crippen molar-refractivity contribution < 1.29 is 28.7 Å². The molecule has 2 rings (SSSR count). The lowest BCUT2D eigenvalue weighted by molar-refractivity contribution is -0.380. The smallest absolute Gasteiger partial charge is 0.348 e. The van der Waals surface area contributed by atoms with Crippen LogP contribution in [0.15, 0.2) is 18.2 Å². The van der Waals surface area contributed by atoms with Gasteiger partial charge in [-0.2, -0.15) is 0 Å². The number of hydrogen-bond donors (Lipinski definition) is 4. The van der Waals surface area contributed by atoms with Crippen molar-refractivity contribution in [3.8, 4) is 0 Å². The SMILES string of the molecule is CC(=O)Nc1cc(C(=O)Nc2nc(C)c([N+](=O)[O-])s2)ccc1NCCOCCOCCOCCN. The van der Waals surface area contributed by atoms with E-state index in [-0.39, 0.29) is 27.3 Å². The molecule has 0 spiro atoms. The van der Waals surface area contributed by atoms with Gasteiger partial charge in [0.25, 0.3) is 5.91 Å². The number of nitrogens with two attached hydrogens (primary N) is 1. The average Bonchev–Trinajstić information content (AvgIpc) is 3.18. The van der Waals surface area contributed by atoms with Gasteiger partial charge in [0.2, 0.25) is 5.91 Å². The van der Waals surface area contributed by atoms with E-state index in [2.05, 4.69) is 20.9 Å². The first-order valence-corrected chi connectivity index (χ1v) is 11.7. The fourth-order valence-corrected chi connectivity index (χ4v) is 3.57. The van der Waals surface area contributed by atoms with Crippen LogP contribution in [0.25, 0.3) is 0 Å². The zero-order valence-electron chi connectivity index (χ0n) is 19.6. The minimum atomic E-state index is -0.547. The predicted octanol–water partition coefficient (Wildman–Crippen LogP) is 1.99. The Kier molecular flexibility index (Phi) is 12.0. The Morgan fingerprint density at radius 1 is 1.06 bits per heavy atom. The Morgan fingerprint density at radius 2 is 1.71 bits per heavy atom. The van der Waals surface area contributed by atoms with Gasteiger partial charge < -0.3 is 30.6 Å². The van der Waals surface area contributed by atoms with Crippen molar-refractivity contribution in [1.82, 2.24) is 4.98 Å². The van der Waals surface area contributed by atoms with Gasteiger partial charge in [-0.3, -0.25) is 25.0 Å². The number of thiazole rings is 1. The largest absolute Gasteiger partial charge is 0.381 e. The Bertz CT molecular complexity index is 1000. The molecule has 0 aliphatic heterocycles. The molecule has 1 aromatic heterocycles. The van der Waals surface area contributed by atoms with E-state index in [0.717, 1.165) is 11.3 Å². The van der Waals surface area contributed by atoms with Gasteiger partial charge in [0, 0.05) is 25.6 Å². The van der Waals surface area contributed by atoms with Crippen LogP contribution >= 0.6 is 11.3 Å². The second-order valence-corrected chi connectivity index (χ2v) is 8.09. The lowest BCUT2D eigenvalue weighted by Gasteiger charge is -2.14. The average molecular weight is 511 g/mol. The van der Waals surface area contributed by atoms with Crippen LogP contribution in [0.4, 0.5) is 21.5 Å². The number of anilines is 3. The maximum absolute atomic E-state index is 12.6. The van der Waals surface area contributed by atoms with Gasteiger partial charge >= 0.3 is 5.00 Å². The van der Waals surface area contributed by atoms with Crippen LogP contribution in [-0.4, -0.2) is 74.5 Å². The Balaban J connectivity index is 1.85. The van der Waals surface area contributed by atoms with Crippen molar-refractivity contribution in [2.24, 2.45) is 5.73 Å². The number of aryl methyl sites for hydroxylation is 1. The summed E-state index contributed by atoms with van der Waals surface area (Å²) in [6.07, 6.45) is 0. The summed E-state index contributed by atoms with van der Waals surface area (Å²) in [5, 5.41) is 19.4. The molecule has 0 radical (unpaired) electrons. The zero-order chi connectivity index (χ0) is 25.6. The summed E-state index contributed by atoms with van der Waals surface area (Å²) < 4.78 is 16.1. The monoisotopic (exact) mass is 510 g/mol. The number of benzene rings is 1. The molecule has 35 heavy (non-hydrogen) atoms. The van der Waals surface area contributed by atoms with Crippen molar-refractivity contribution in [3.05, 3.63) is 39.6 Å². The number of nitro groups is 1. The number of nitrogens with zero attached hydrogens (tertiary/aromatic N) is 2. The van der Waals surface area contributed by atoms with Crippen LogP contribution in [0.5, 0.6) is 0 Å². The van der Waals surface area contributed by atoms with Crippen LogP contribution < -0.4 is 21.7 Å². The zero-order valence-corrected chi connectivity index (χ0v) is 20.4. The molecule has 13 nitrogen and oxygen atoms in total. The van der Waals surface area contributed by atoms with E-state index in [1.165, 1.54) is 19.9 Å². The number of hydrogen-bond acceptors (Lipinski definition) is 11. The number of amides is 2.